The Morgan fingerprint density at radius 2 is 1.88 bits per heavy atom. The van der Waals surface area contributed by atoms with Crippen LogP contribution < -0.4 is 10.1 Å². The van der Waals surface area contributed by atoms with Gasteiger partial charge in [0.2, 0.25) is 5.91 Å². The summed E-state index contributed by atoms with van der Waals surface area (Å²) in [4.78, 5) is 32.3. The summed E-state index contributed by atoms with van der Waals surface area (Å²) in [7, 11) is 0. The minimum atomic E-state index is -4.81. The summed E-state index contributed by atoms with van der Waals surface area (Å²) in [5, 5.41) is 2.76. The third-order valence-corrected chi connectivity index (χ3v) is 5.55. The first kappa shape index (κ1) is 23.3. The molecule has 0 saturated carbocycles. The molecule has 3 aromatic rings. The Labute approximate surface area is 194 Å². The average Bonchev–Trinajstić information content (AvgIpc) is 3.10. The first-order valence-corrected chi connectivity index (χ1v) is 10.7. The van der Waals surface area contributed by atoms with E-state index in [1.807, 2.05) is 19.1 Å². The molecule has 0 aliphatic carbocycles. The molecule has 2 unspecified atom stereocenters. The SMILES string of the molecule is CC(Cc1ccccn1)N1C(=O)c2ccccc2C1C(=O)NCc1cccc(OC(F)(F)F)c1. The Hall–Kier alpha value is -3.88. The quantitative estimate of drug-likeness (QED) is 0.556. The van der Waals surface area contributed by atoms with Gasteiger partial charge in [0.25, 0.3) is 5.91 Å². The highest BCUT2D eigenvalue weighted by Gasteiger charge is 2.43. The summed E-state index contributed by atoms with van der Waals surface area (Å²) < 4.78 is 41.5. The van der Waals surface area contributed by atoms with Gasteiger partial charge < -0.3 is 15.0 Å². The number of amides is 2. The van der Waals surface area contributed by atoms with Crippen molar-refractivity contribution in [3.63, 3.8) is 0 Å². The van der Waals surface area contributed by atoms with Crippen molar-refractivity contribution in [2.75, 3.05) is 0 Å². The molecule has 1 aliphatic heterocycles. The van der Waals surface area contributed by atoms with Crippen molar-refractivity contribution in [2.45, 2.75) is 38.3 Å². The summed E-state index contributed by atoms with van der Waals surface area (Å²) in [6.07, 6.45) is -2.68. The largest absolute Gasteiger partial charge is 0.573 e. The highest BCUT2D eigenvalue weighted by atomic mass is 19.4. The van der Waals surface area contributed by atoms with Crippen LogP contribution in [0.2, 0.25) is 0 Å². The number of fused-ring (bicyclic) bond motifs is 1. The van der Waals surface area contributed by atoms with Crippen LogP contribution in [-0.4, -0.2) is 34.1 Å². The van der Waals surface area contributed by atoms with Gasteiger partial charge in [0.1, 0.15) is 11.8 Å². The molecule has 2 heterocycles. The Morgan fingerprint density at radius 3 is 2.62 bits per heavy atom. The van der Waals surface area contributed by atoms with Gasteiger partial charge in [0, 0.05) is 36.5 Å². The molecule has 2 atom stereocenters. The monoisotopic (exact) mass is 469 g/mol. The van der Waals surface area contributed by atoms with Gasteiger partial charge in [-0.3, -0.25) is 14.6 Å². The molecule has 2 amide bonds. The van der Waals surface area contributed by atoms with E-state index in [4.69, 9.17) is 0 Å². The van der Waals surface area contributed by atoms with E-state index >= 15 is 0 Å². The molecule has 1 aliphatic rings. The average molecular weight is 469 g/mol. The maximum Gasteiger partial charge on any atom is 0.573 e. The van der Waals surface area contributed by atoms with E-state index in [0.717, 1.165) is 5.69 Å². The lowest BCUT2D eigenvalue weighted by Gasteiger charge is -2.30. The lowest BCUT2D eigenvalue weighted by molar-refractivity contribution is -0.274. The van der Waals surface area contributed by atoms with Crippen LogP contribution in [0.5, 0.6) is 5.75 Å². The van der Waals surface area contributed by atoms with Crippen LogP contribution in [-0.2, 0) is 17.8 Å². The van der Waals surface area contributed by atoms with Gasteiger partial charge >= 0.3 is 6.36 Å². The number of carbonyl (C=O) groups excluding carboxylic acids is 2. The fraction of sp³-hybridized carbons (Fsp3) is 0.240. The molecule has 6 nitrogen and oxygen atoms in total. The second-order valence-electron chi connectivity index (χ2n) is 7.99. The fourth-order valence-corrected chi connectivity index (χ4v) is 4.12. The smallest absolute Gasteiger partial charge is 0.406 e. The predicted molar refractivity (Wildman–Crippen MR) is 118 cm³/mol. The maximum atomic E-state index is 13.3. The van der Waals surface area contributed by atoms with Crippen molar-refractivity contribution in [3.8, 4) is 5.75 Å². The first-order chi connectivity index (χ1) is 16.2. The van der Waals surface area contributed by atoms with Crippen molar-refractivity contribution in [3.05, 3.63) is 95.3 Å². The van der Waals surface area contributed by atoms with Crippen molar-refractivity contribution in [2.24, 2.45) is 0 Å². The van der Waals surface area contributed by atoms with E-state index in [2.05, 4.69) is 15.0 Å². The second kappa shape index (κ2) is 9.54. The molecule has 2 aromatic carbocycles. The fourth-order valence-electron chi connectivity index (χ4n) is 4.12. The van der Waals surface area contributed by atoms with Gasteiger partial charge in [-0.05, 0) is 48.4 Å². The summed E-state index contributed by atoms with van der Waals surface area (Å²) in [6.45, 7) is 1.83. The van der Waals surface area contributed by atoms with E-state index in [1.54, 1.807) is 42.6 Å². The molecular weight excluding hydrogens is 447 g/mol. The molecule has 0 spiro atoms. The van der Waals surface area contributed by atoms with Crippen molar-refractivity contribution in [1.82, 2.24) is 15.2 Å². The van der Waals surface area contributed by atoms with Gasteiger partial charge in [-0.25, -0.2) is 0 Å². The zero-order valence-electron chi connectivity index (χ0n) is 18.3. The van der Waals surface area contributed by atoms with Crippen molar-refractivity contribution >= 4 is 11.8 Å². The van der Waals surface area contributed by atoms with Gasteiger partial charge in [0.15, 0.2) is 0 Å². The topological polar surface area (TPSA) is 71.5 Å². The summed E-state index contributed by atoms with van der Waals surface area (Å²) in [5.74, 6) is -1.04. The second-order valence-corrected chi connectivity index (χ2v) is 7.99. The molecule has 0 fully saturated rings. The Bertz CT molecular complexity index is 1180. The molecule has 1 aromatic heterocycles. The lowest BCUT2D eigenvalue weighted by Crippen LogP contribution is -2.44. The lowest BCUT2D eigenvalue weighted by atomic mass is 10.0. The van der Waals surface area contributed by atoms with Gasteiger partial charge in [-0.15, -0.1) is 13.2 Å². The predicted octanol–water partition coefficient (Wildman–Crippen LogP) is 4.42. The van der Waals surface area contributed by atoms with E-state index in [1.165, 1.54) is 23.1 Å². The van der Waals surface area contributed by atoms with Gasteiger partial charge in [-0.1, -0.05) is 36.4 Å². The third kappa shape index (κ3) is 5.19. The summed E-state index contributed by atoms with van der Waals surface area (Å²) >= 11 is 0. The van der Waals surface area contributed by atoms with Crippen LogP contribution in [0.1, 0.15) is 40.1 Å². The summed E-state index contributed by atoms with van der Waals surface area (Å²) in [6, 6.07) is 16.6. The van der Waals surface area contributed by atoms with Gasteiger partial charge in [0.05, 0.1) is 0 Å². The maximum absolute atomic E-state index is 13.3. The summed E-state index contributed by atoms with van der Waals surface area (Å²) in [5.41, 5.74) is 2.27. The third-order valence-electron chi connectivity index (χ3n) is 5.55. The Balaban J connectivity index is 1.53. The Morgan fingerprint density at radius 1 is 1.12 bits per heavy atom. The minimum absolute atomic E-state index is 0.0246. The van der Waals surface area contributed by atoms with Crippen LogP contribution in [0.4, 0.5) is 13.2 Å². The number of ether oxygens (including phenoxy) is 1. The molecule has 4 rings (SSSR count). The van der Waals surface area contributed by atoms with E-state index in [0.29, 0.717) is 23.1 Å². The minimum Gasteiger partial charge on any atom is -0.406 e. The number of rotatable bonds is 7. The number of hydrogen-bond donors (Lipinski definition) is 1. The Kier molecular flexibility index (Phi) is 6.54. The van der Waals surface area contributed by atoms with Crippen molar-refractivity contribution in [1.29, 1.82) is 0 Å². The van der Waals surface area contributed by atoms with Gasteiger partial charge in [-0.2, -0.15) is 0 Å². The van der Waals surface area contributed by atoms with E-state index in [9.17, 15) is 22.8 Å². The van der Waals surface area contributed by atoms with Crippen LogP contribution in [0.25, 0.3) is 0 Å². The number of alkyl halides is 3. The standard InChI is InChI=1S/C25H22F3N3O3/c1-16(13-18-8-4-5-12-29-18)31-22(20-10-2-3-11-21(20)24(31)33)23(32)30-15-17-7-6-9-19(14-17)34-25(26,27)28/h2-12,14,16,22H,13,15H2,1H3,(H,30,32). The number of aromatic nitrogens is 1. The molecule has 1 N–H and O–H groups in total. The van der Waals surface area contributed by atoms with Crippen molar-refractivity contribution < 1.29 is 27.5 Å². The normalized spacial score (nSPS) is 16.2. The first-order valence-electron chi connectivity index (χ1n) is 10.7. The number of hydrogen-bond acceptors (Lipinski definition) is 4. The highest BCUT2D eigenvalue weighted by molar-refractivity contribution is 6.04. The van der Waals surface area contributed by atoms with E-state index < -0.39 is 18.3 Å². The number of halogens is 3. The van der Waals surface area contributed by atoms with Crippen LogP contribution in [0.3, 0.4) is 0 Å². The van der Waals surface area contributed by atoms with Crippen LogP contribution in [0, 0.1) is 0 Å². The van der Waals surface area contributed by atoms with Crippen LogP contribution >= 0.6 is 0 Å². The molecular formula is C25H22F3N3O3. The molecule has 0 bridgehead atoms. The van der Waals surface area contributed by atoms with Crippen LogP contribution in [0.15, 0.2) is 72.9 Å². The molecule has 9 heteroatoms. The van der Waals surface area contributed by atoms with E-state index in [-0.39, 0.29) is 24.2 Å². The number of benzene rings is 2. The number of nitrogens with one attached hydrogen (secondary N) is 1. The molecule has 176 valence electrons. The zero-order chi connectivity index (χ0) is 24.3. The number of carbonyl (C=O) groups is 2. The number of pyridine rings is 1. The molecule has 0 saturated heterocycles. The highest BCUT2D eigenvalue weighted by Crippen LogP contribution is 2.36. The zero-order valence-corrected chi connectivity index (χ0v) is 18.3. The number of nitrogens with zero attached hydrogens (tertiary/aromatic N) is 2. The molecule has 0 radical (unpaired) electrons. The molecule has 34 heavy (non-hydrogen) atoms.